The molecule has 6 heteroatoms. The van der Waals surface area contributed by atoms with E-state index in [2.05, 4.69) is 10.2 Å². The lowest BCUT2D eigenvalue weighted by Gasteiger charge is -2.36. The second-order valence-electron chi connectivity index (χ2n) is 4.94. The molecule has 0 aromatic heterocycles. The predicted molar refractivity (Wildman–Crippen MR) is 83.8 cm³/mol. The van der Waals surface area contributed by atoms with Crippen LogP contribution in [0.4, 0.5) is 11.4 Å². The summed E-state index contributed by atoms with van der Waals surface area (Å²) < 4.78 is 0. The lowest BCUT2D eigenvalue weighted by Crippen LogP contribution is -2.48. The number of carbonyl (C=O) groups is 1. The zero-order valence-corrected chi connectivity index (χ0v) is 12.4. The topological polar surface area (TPSA) is 83.2 Å². The molecule has 2 rings (SSSR count). The molecule has 6 nitrogen and oxygen atoms in total. The summed E-state index contributed by atoms with van der Waals surface area (Å²) in [6.45, 7) is 4.49. The predicted octanol–water partition coefficient (Wildman–Crippen LogP) is 1.70. The van der Waals surface area contributed by atoms with E-state index in [0.29, 0.717) is 13.1 Å². The smallest absolute Gasteiger partial charge is 0.219 e. The molecular formula is C16H17N5O. The van der Waals surface area contributed by atoms with Gasteiger partial charge < -0.3 is 15.1 Å². The van der Waals surface area contributed by atoms with E-state index in [0.717, 1.165) is 24.5 Å². The number of allylic oxidation sites excluding steroid dienone is 1. The number of para-hydroxylation sites is 2. The van der Waals surface area contributed by atoms with Gasteiger partial charge in [-0.25, -0.2) is 0 Å². The molecule has 0 atom stereocenters. The number of anilines is 2. The summed E-state index contributed by atoms with van der Waals surface area (Å²) in [5, 5.41) is 20.6. The Morgan fingerprint density at radius 1 is 1.18 bits per heavy atom. The van der Waals surface area contributed by atoms with Gasteiger partial charge in [-0.3, -0.25) is 4.79 Å². The summed E-state index contributed by atoms with van der Waals surface area (Å²) in [6, 6.07) is 11.4. The average molecular weight is 295 g/mol. The van der Waals surface area contributed by atoms with Gasteiger partial charge in [0.15, 0.2) is 0 Å². The first kappa shape index (κ1) is 15.4. The second kappa shape index (κ2) is 7.14. The minimum atomic E-state index is 0.0243. The van der Waals surface area contributed by atoms with Crippen LogP contribution < -0.4 is 10.2 Å². The third kappa shape index (κ3) is 3.56. The van der Waals surface area contributed by atoms with Crippen LogP contribution in [0.2, 0.25) is 0 Å². The van der Waals surface area contributed by atoms with Gasteiger partial charge >= 0.3 is 0 Å². The molecule has 1 heterocycles. The first-order valence-electron chi connectivity index (χ1n) is 7.02. The van der Waals surface area contributed by atoms with Crippen molar-refractivity contribution in [3.63, 3.8) is 0 Å². The standard InChI is InChI=1S/C16H17N5O/c1-13(22)20-6-8-21(9-7-20)16-5-3-2-4-15(16)19-12-14(10-17)11-18/h2-5,12,19H,6-9H2,1H3. The summed E-state index contributed by atoms with van der Waals surface area (Å²) in [7, 11) is 0. The highest BCUT2D eigenvalue weighted by atomic mass is 16.2. The molecule has 0 aliphatic carbocycles. The zero-order chi connectivity index (χ0) is 15.9. The number of carbonyl (C=O) groups excluding carboxylic acids is 1. The van der Waals surface area contributed by atoms with Crippen LogP contribution in [0, 0.1) is 22.7 Å². The zero-order valence-electron chi connectivity index (χ0n) is 12.4. The molecule has 0 unspecified atom stereocenters. The summed E-state index contributed by atoms with van der Waals surface area (Å²) in [5.41, 5.74) is 1.86. The molecule has 112 valence electrons. The van der Waals surface area contributed by atoms with E-state index in [9.17, 15) is 4.79 Å². The molecule has 1 aromatic carbocycles. The molecule has 1 saturated heterocycles. The minimum Gasteiger partial charge on any atom is -0.366 e. The van der Waals surface area contributed by atoms with E-state index >= 15 is 0 Å². The van der Waals surface area contributed by atoms with E-state index in [1.54, 1.807) is 6.92 Å². The third-order valence-corrected chi connectivity index (χ3v) is 3.58. The molecule has 0 saturated carbocycles. The molecule has 1 amide bonds. The Morgan fingerprint density at radius 3 is 2.41 bits per heavy atom. The van der Waals surface area contributed by atoms with Crippen LogP contribution in [-0.2, 0) is 4.79 Å². The SMILES string of the molecule is CC(=O)N1CCN(c2ccccc2NC=C(C#N)C#N)CC1. The summed E-state index contributed by atoms with van der Waals surface area (Å²) in [6.07, 6.45) is 1.41. The van der Waals surface area contributed by atoms with Crippen LogP contribution in [0.1, 0.15) is 6.92 Å². The average Bonchev–Trinajstić information content (AvgIpc) is 2.56. The van der Waals surface area contributed by atoms with Gasteiger partial charge in [-0.1, -0.05) is 12.1 Å². The molecule has 1 fully saturated rings. The maximum Gasteiger partial charge on any atom is 0.219 e. The van der Waals surface area contributed by atoms with Crippen molar-refractivity contribution in [2.75, 3.05) is 36.4 Å². The number of nitrogens with zero attached hydrogens (tertiary/aromatic N) is 4. The first-order valence-corrected chi connectivity index (χ1v) is 7.02. The van der Waals surface area contributed by atoms with Gasteiger partial charge in [-0.2, -0.15) is 10.5 Å². The fourth-order valence-electron chi connectivity index (χ4n) is 2.37. The summed E-state index contributed by atoms with van der Waals surface area (Å²) >= 11 is 0. The molecular weight excluding hydrogens is 278 g/mol. The van der Waals surface area contributed by atoms with Crippen LogP contribution in [0.5, 0.6) is 0 Å². The Hall–Kier alpha value is -2.99. The molecule has 1 aliphatic rings. The Morgan fingerprint density at radius 2 is 1.82 bits per heavy atom. The summed E-state index contributed by atoms with van der Waals surface area (Å²) in [5.74, 6) is 0.0988. The highest BCUT2D eigenvalue weighted by molar-refractivity contribution is 5.75. The van der Waals surface area contributed by atoms with Gasteiger partial charge in [0.05, 0.1) is 11.4 Å². The number of rotatable bonds is 3. The highest BCUT2D eigenvalue weighted by Gasteiger charge is 2.20. The van der Waals surface area contributed by atoms with Crippen molar-refractivity contribution in [2.45, 2.75) is 6.92 Å². The number of amides is 1. The largest absolute Gasteiger partial charge is 0.366 e. The van der Waals surface area contributed by atoms with Crippen LogP contribution in [0.3, 0.4) is 0 Å². The van der Waals surface area contributed by atoms with Crippen molar-refractivity contribution < 1.29 is 4.79 Å². The van der Waals surface area contributed by atoms with E-state index < -0.39 is 0 Å². The minimum absolute atomic E-state index is 0.0243. The lowest BCUT2D eigenvalue weighted by molar-refractivity contribution is -0.129. The number of nitrogens with one attached hydrogen (secondary N) is 1. The Kier molecular flexibility index (Phi) is 5.00. The fourth-order valence-corrected chi connectivity index (χ4v) is 2.37. The van der Waals surface area contributed by atoms with Crippen molar-refractivity contribution in [3.05, 3.63) is 36.0 Å². The van der Waals surface area contributed by atoms with E-state index in [1.165, 1.54) is 6.20 Å². The normalized spacial score (nSPS) is 13.8. The van der Waals surface area contributed by atoms with Gasteiger partial charge in [0.1, 0.15) is 17.7 Å². The van der Waals surface area contributed by atoms with Crippen molar-refractivity contribution in [2.24, 2.45) is 0 Å². The van der Waals surface area contributed by atoms with Gasteiger partial charge in [0.25, 0.3) is 0 Å². The van der Waals surface area contributed by atoms with E-state index in [4.69, 9.17) is 10.5 Å². The molecule has 1 aliphatic heterocycles. The Balaban J connectivity index is 2.13. The van der Waals surface area contributed by atoms with E-state index in [-0.39, 0.29) is 11.5 Å². The van der Waals surface area contributed by atoms with Gasteiger partial charge in [-0.15, -0.1) is 0 Å². The molecule has 0 radical (unpaired) electrons. The number of benzene rings is 1. The monoisotopic (exact) mass is 295 g/mol. The van der Waals surface area contributed by atoms with Crippen LogP contribution in [0.15, 0.2) is 36.0 Å². The maximum absolute atomic E-state index is 11.4. The maximum atomic E-state index is 11.4. The van der Waals surface area contributed by atoms with Crippen molar-refractivity contribution in [3.8, 4) is 12.1 Å². The Labute approximate surface area is 129 Å². The number of piperazine rings is 1. The quantitative estimate of drug-likeness (QED) is 0.858. The van der Waals surface area contributed by atoms with Crippen LogP contribution in [-0.4, -0.2) is 37.0 Å². The van der Waals surface area contributed by atoms with Gasteiger partial charge in [0.2, 0.25) is 5.91 Å². The van der Waals surface area contributed by atoms with Gasteiger partial charge in [-0.05, 0) is 12.1 Å². The molecule has 0 spiro atoms. The van der Waals surface area contributed by atoms with Crippen molar-refractivity contribution >= 4 is 17.3 Å². The fraction of sp³-hybridized carbons (Fsp3) is 0.312. The second-order valence-corrected chi connectivity index (χ2v) is 4.94. The van der Waals surface area contributed by atoms with Crippen LogP contribution in [0.25, 0.3) is 0 Å². The van der Waals surface area contributed by atoms with Crippen molar-refractivity contribution in [1.29, 1.82) is 10.5 Å². The number of hydrogen-bond acceptors (Lipinski definition) is 5. The Bertz CT molecular complexity index is 644. The van der Waals surface area contributed by atoms with Crippen LogP contribution >= 0.6 is 0 Å². The molecule has 22 heavy (non-hydrogen) atoms. The van der Waals surface area contributed by atoms with E-state index in [1.807, 2.05) is 41.3 Å². The highest BCUT2D eigenvalue weighted by Crippen LogP contribution is 2.26. The van der Waals surface area contributed by atoms with Crippen molar-refractivity contribution in [1.82, 2.24) is 4.90 Å². The third-order valence-electron chi connectivity index (χ3n) is 3.58. The molecule has 1 aromatic rings. The van der Waals surface area contributed by atoms with Gasteiger partial charge in [0, 0.05) is 39.3 Å². The number of nitriles is 2. The molecule has 0 bridgehead atoms. The lowest BCUT2D eigenvalue weighted by atomic mass is 10.2. The summed E-state index contributed by atoms with van der Waals surface area (Å²) in [4.78, 5) is 15.4. The molecule has 1 N–H and O–H groups in total. The first-order chi connectivity index (χ1) is 10.7. The number of hydrogen-bond donors (Lipinski definition) is 1.